The lowest BCUT2D eigenvalue weighted by Crippen LogP contribution is -2.32. The predicted molar refractivity (Wildman–Crippen MR) is 253 cm³/mol. The lowest BCUT2D eigenvalue weighted by atomic mass is 9.67. The SMILES string of the molecule is CC1=CC(O)CC(C)(C)C1/C=C/C(C)=C/C=C/C(C)=C/C=C/C=C(C)/C=C/C=C(C)/C=C/C1=C(C)CC(OP(=O)(OCc2ccccc2)OCc2ccccc2)CC1(C)C. The third-order valence-corrected chi connectivity index (χ3v) is 12.5. The zero-order valence-corrected chi connectivity index (χ0v) is 38.6. The second-order valence-corrected chi connectivity index (χ2v) is 19.4. The van der Waals surface area contributed by atoms with Crippen molar-refractivity contribution >= 4 is 7.82 Å². The van der Waals surface area contributed by atoms with E-state index in [4.69, 9.17) is 13.6 Å². The fourth-order valence-corrected chi connectivity index (χ4v) is 9.25. The number of hydrogen-bond acceptors (Lipinski definition) is 5. The Morgan fingerprint density at radius 1 is 0.700 bits per heavy atom. The van der Waals surface area contributed by atoms with Crippen LogP contribution >= 0.6 is 7.82 Å². The molecule has 2 aromatic carbocycles. The molecule has 3 atom stereocenters. The van der Waals surface area contributed by atoms with Crippen molar-refractivity contribution in [3.63, 3.8) is 0 Å². The molecule has 0 spiro atoms. The third kappa shape index (κ3) is 16.3. The van der Waals surface area contributed by atoms with Gasteiger partial charge in [0.2, 0.25) is 0 Å². The topological polar surface area (TPSA) is 65.0 Å². The van der Waals surface area contributed by atoms with E-state index < -0.39 is 7.82 Å². The summed E-state index contributed by atoms with van der Waals surface area (Å²) in [4.78, 5) is 0. The third-order valence-electron chi connectivity index (χ3n) is 11.1. The highest BCUT2D eigenvalue weighted by Gasteiger charge is 2.39. The van der Waals surface area contributed by atoms with Crippen LogP contribution in [0.3, 0.4) is 0 Å². The second-order valence-electron chi connectivity index (χ2n) is 17.8. The van der Waals surface area contributed by atoms with Crippen molar-refractivity contribution in [3.05, 3.63) is 202 Å². The van der Waals surface area contributed by atoms with Gasteiger partial charge in [-0.1, -0.05) is 213 Å². The number of phosphoric ester groups is 1. The van der Waals surface area contributed by atoms with Crippen molar-refractivity contribution in [2.75, 3.05) is 0 Å². The lowest BCUT2D eigenvalue weighted by Gasteiger charge is -2.38. The zero-order chi connectivity index (χ0) is 43.8. The van der Waals surface area contributed by atoms with Crippen molar-refractivity contribution in [1.29, 1.82) is 0 Å². The molecular weight excluding hydrogens is 760 g/mol. The fourth-order valence-electron chi connectivity index (χ4n) is 7.92. The Hall–Kier alpha value is -4.35. The average Bonchev–Trinajstić information content (AvgIpc) is 3.17. The van der Waals surface area contributed by atoms with E-state index in [1.165, 1.54) is 27.9 Å². The molecule has 60 heavy (non-hydrogen) atoms. The van der Waals surface area contributed by atoms with Gasteiger partial charge in [-0.05, 0) is 88.3 Å². The molecule has 0 heterocycles. The van der Waals surface area contributed by atoms with E-state index in [0.29, 0.717) is 18.8 Å². The van der Waals surface area contributed by atoms with Gasteiger partial charge in [0.15, 0.2) is 0 Å². The van der Waals surface area contributed by atoms with Gasteiger partial charge >= 0.3 is 7.82 Å². The Morgan fingerprint density at radius 2 is 1.18 bits per heavy atom. The molecule has 0 aliphatic heterocycles. The van der Waals surface area contributed by atoms with Crippen molar-refractivity contribution in [2.45, 2.75) is 114 Å². The van der Waals surface area contributed by atoms with Crippen LogP contribution < -0.4 is 0 Å². The van der Waals surface area contributed by atoms with E-state index >= 15 is 0 Å². The standard InChI is InChI=1S/C54H69O5P/c1-41(23-19-25-43(3)31-33-51-45(5)35-49(55)37-53(51,7)8)21-17-18-22-42(2)24-20-26-44(4)32-34-52-46(6)36-50(38-54(52,9)10)59-60(56,57-39-47-27-13-11-14-28-47)58-40-48-29-15-12-16-30-48/h11-35,49-51,55H,36-40H2,1-10H3/b18-17+,23-19+,24-20+,33-31+,34-32+,41-21+,42-22+,43-25+,44-26+. The van der Waals surface area contributed by atoms with E-state index in [2.05, 4.69) is 154 Å². The molecule has 5 nitrogen and oxygen atoms in total. The summed E-state index contributed by atoms with van der Waals surface area (Å²) in [7, 11) is -3.89. The molecule has 6 heteroatoms. The normalized spacial score (nSPS) is 22.3. The summed E-state index contributed by atoms with van der Waals surface area (Å²) in [5.74, 6) is 0.330. The maximum absolute atomic E-state index is 14.1. The van der Waals surface area contributed by atoms with Crippen LogP contribution in [-0.2, 0) is 31.4 Å². The van der Waals surface area contributed by atoms with Gasteiger partial charge in [-0.3, -0.25) is 13.6 Å². The maximum Gasteiger partial charge on any atom is 0.475 e. The number of aliphatic hydroxyl groups is 1. The molecule has 0 radical (unpaired) electrons. The molecule has 0 fully saturated rings. The Bertz CT molecular complexity index is 2070. The summed E-state index contributed by atoms with van der Waals surface area (Å²) >= 11 is 0. The summed E-state index contributed by atoms with van der Waals surface area (Å²) in [6, 6.07) is 19.3. The van der Waals surface area contributed by atoms with Crippen LogP contribution in [0.15, 0.2) is 191 Å². The minimum Gasteiger partial charge on any atom is -0.389 e. The molecule has 0 saturated carbocycles. The van der Waals surface area contributed by atoms with Gasteiger partial charge < -0.3 is 5.11 Å². The van der Waals surface area contributed by atoms with E-state index in [1.807, 2.05) is 66.7 Å². The highest BCUT2D eigenvalue weighted by atomic mass is 31.2. The lowest BCUT2D eigenvalue weighted by molar-refractivity contribution is 0.0508. The van der Waals surface area contributed by atoms with Crippen LogP contribution in [0.5, 0.6) is 0 Å². The van der Waals surface area contributed by atoms with Crippen molar-refractivity contribution in [3.8, 4) is 0 Å². The molecule has 0 bridgehead atoms. The first-order valence-electron chi connectivity index (χ1n) is 21.2. The number of hydrogen-bond donors (Lipinski definition) is 1. The molecule has 2 aromatic rings. The summed E-state index contributed by atoms with van der Waals surface area (Å²) in [5, 5.41) is 10.1. The highest BCUT2D eigenvalue weighted by molar-refractivity contribution is 7.48. The van der Waals surface area contributed by atoms with E-state index in [9.17, 15) is 9.67 Å². The van der Waals surface area contributed by atoms with Crippen LogP contribution in [0, 0.1) is 16.7 Å². The molecule has 320 valence electrons. The summed E-state index contributed by atoms with van der Waals surface area (Å²) < 4.78 is 32.2. The van der Waals surface area contributed by atoms with Gasteiger partial charge in [-0.2, -0.15) is 0 Å². The van der Waals surface area contributed by atoms with Gasteiger partial charge in [-0.15, -0.1) is 0 Å². The number of benzene rings is 2. The summed E-state index contributed by atoms with van der Waals surface area (Å²) in [5.41, 5.74) is 10.0. The van der Waals surface area contributed by atoms with Crippen LogP contribution in [0.25, 0.3) is 0 Å². The molecule has 0 aromatic heterocycles. The molecule has 3 unspecified atom stereocenters. The van der Waals surface area contributed by atoms with Gasteiger partial charge in [0, 0.05) is 5.92 Å². The first-order chi connectivity index (χ1) is 28.4. The number of allylic oxidation sites excluding steroid dienone is 20. The minimum atomic E-state index is -3.89. The number of aliphatic hydroxyl groups excluding tert-OH is 1. The van der Waals surface area contributed by atoms with Crippen molar-refractivity contribution < 1.29 is 23.2 Å². The highest BCUT2D eigenvalue weighted by Crippen LogP contribution is 2.55. The monoisotopic (exact) mass is 828 g/mol. The summed E-state index contributed by atoms with van der Waals surface area (Å²) in [6.07, 6.45) is 33.3. The Morgan fingerprint density at radius 3 is 1.68 bits per heavy atom. The quantitative estimate of drug-likeness (QED) is 0.0921. The molecular formula is C54H69O5P. The van der Waals surface area contributed by atoms with Gasteiger partial charge in [0.25, 0.3) is 0 Å². The van der Waals surface area contributed by atoms with Crippen LogP contribution in [-0.4, -0.2) is 17.3 Å². The zero-order valence-electron chi connectivity index (χ0n) is 37.7. The van der Waals surface area contributed by atoms with Crippen molar-refractivity contribution in [2.24, 2.45) is 16.7 Å². The van der Waals surface area contributed by atoms with Gasteiger partial charge in [0.1, 0.15) is 0 Å². The molecule has 0 amide bonds. The summed E-state index contributed by atoms with van der Waals surface area (Å²) in [6.45, 7) is 21.8. The molecule has 0 saturated heterocycles. The second kappa shape index (κ2) is 23.0. The Kier molecular flexibility index (Phi) is 18.5. The van der Waals surface area contributed by atoms with Gasteiger partial charge in [0.05, 0.1) is 25.4 Å². The number of rotatable bonds is 18. The van der Waals surface area contributed by atoms with Crippen LogP contribution in [0.2, 0.25) is 0 Å². The fraction of sp³-hybridized carbons (Fsp3) is 0.370. The molecule has 4 rings (SSSR count). The predicted octanol–water partition coefficient (Wildman–Crippen LogP) is 15.0. The smallest absolute Gasteiger partial charge is 0.389 e. The van der Waals surface area contributed by atoms with Gasteiger partial charge in [-0.25, -0.2) is 4.57 Å². The van der Waals surface area contributed by atoms with E-state index in [1.54, 1.807) is 0 Å². The van der Waals surface area contributed by atoms with E-state index in [-0.39, 0.29) is 36.3 Å². The molecule has 1 N–H and O–H groups in total. The minimum absolute atomic E-state index is 0.0386. The first-order valence-corrected chi connectivity index (χ1v) is 22.7. The Balaban J connectivity index is 1.30. The Labute approximate surface area is 362 Å². The first kappa shape index (κ1) is 48.3. The molecule has 2 aliphatic carbocycles. The average molecular weight is 829 g/mol. The van der Waals surface area contributed by atoms with Crippen LogP contribution in [0.4, 0.5) is 0 Å². The van der Waals surface area contributed by atoms with Crippen molar-refractivity contribution in [1.82, 2.24) is 0 Å². The number of phosphoric acid groups is 1. The largest absolute Gasteiger partial charge is 0.475 e. The van der Waals surface area contributed by atoms with Crippen LogP contribution in [0.1, 0.15) is 99.6 Å². The maximum atomic E-state index is 14.1. The van der Waals surface area contributed by atoms with E-state index in [0.717, 1.165) is 28.7 Å². The molecule has 2 aliphatic rings.